The van der Waals surface area contributed by atoms with Crippen LogP contribution in [0.4, 0.5) is 0 Å². The Kier molecular flexibility index (Phi) is 3.66. The average molecular weight is 273 g/mol. The normalized spacial score (nSPS) is 11.6. The van der Waals surface area contributed by atoms with Gasteiger partial charge in [-0.05, 0) is 28.7 Å². The van der Waals surface area contributed by atoms with Crippen LogP contribution in [0.3, 0.4) is 0 Å². The topological polar surface area (TPSA) is 59.3 Å². The van der Waals surface area contributed by atoms with E-state index in [0.29, 0.717) is 12.1 Å². The van der Waals surface area contributed by atoms with Gasteiger partial charge in [0.1, 0.15) is 5.58 Å². The van der Waals surface area contributed by atoms with Crippen LogP contribution in [0, 0.1) is 0 Å². The standard InChI is InChI=1S/C16H19NO3/c1-10(18)17-9-11-7-15(19)20-14-6-5-12(8-13(11)14)16(2,3)4/h5-8H,9H2,1-4H3,(H,17,18). The fourth-order valence-corrected chi connectivity index (χ4v) is 2.06. The highest BCUT2D eigenvalue weighted by atomic mass is 16.4. The Labute approximate surface area is 117 Å². The molecule has 20 heavy (non-hydrogen) atoms. The molecule has 1 N–H and O–H groups in total. The van der Waals surface area contributed by atoms with Gasteiger partial charge in [0.25, 0.3) is 0 Å². The molecule has 106 valence electrons. The van der Waals surface area contributed by atoms with E-state index >= 15 is 0 Å². The minimum absolute atomic E-state index is 0.00952. The van der Waals surface area contributed by atoms with Crippen LogP contribution in [0.15, 0.2) is 33.5 Å². The van der Waals surface area contributed by atoms with Crippen molar-refractivity contribution in [2.45, 2.75) is 39.7 Å². The Morgan fingerprint density at radius 2 is 1.95 bits per heavy atom. The largest absolute Gasteiger partial charge is 0.423 e. The number of hydrogen-bond donors (Lipinski definition) is 1. The SMILES string of the molecule is CC(=O)NCc1cc(=O)oc2ccc(C(C)(C)C)cc12. The summed E-state index contributed by atoms with van der Waals surface area (Å²) in [6, 6.07) is 7.24. The van der Waals surface area contributed by atoms with Gasteiger partial charge >= 0.3 is 5.63 Å². The Hall–Kier alpha value is -2.10. The van der Waals surface area contributed by atoms with Gasteiger partial charge in [-0.25, -0.2) is 4.79 Å². The van der Waals surface area contributed by atoms with E-state index in [-0.39, 0.29) is 11.3 Å². The molecule has 0 saturated heterocycles. The lowest BCUT2D eigenvalue weighted by Crippen LogP contribution is -2.20. The lowest BCUT2D eigenvalue weighted by Gasteiger charge is -2.19. The molecule has 4 heteroatoms. The van der Waals surface area contributed by atoms with Crippen LogP contribution < -0.4 is 10.9 Å². The minimum atomic E-state index is -0.402. The maximum Gasteiger partial charge on any atom is 0.336 e. The zero-order valence-electron chi connectivity index (χ0n) is 12.2. The van der Waals surface area contributed by atoms with E-state index in [2.05, 4.69) is 26.1 Å². The predicted octanol–water partition coefficient (Wildman–Crippen LogP) is 2.73. The van der Waals surface area contributed by atoms with Crippen molar-refractivity contribution in [1.82, 2.24) is 5.32 Å². The third-order valence-corrected chi connectivity index (χ3v) is 3.22. The van der Waals surface area contributed by atoms with Gasteiger partial charge < -0.3 is 9.73 Å². The lowest BCUT2D eigenvalue weighted by molar-refractivity contribution is -0.119. The van der Waals surface area contributed by atoms with Gasteiger partial charge in [-0.2, -0.15) is 0 Å². The molecule has 0 aliphatic rings. The Balaban J connectivity index is 2.59. The molecule has 1 aromatic carbocycles. The van der Waals surface area contributed by atoms with Crippen molar-refractivity contribution in [2.24, 2.45) is 0 Å². The number of benzene rings is 1. The van der Waals surface area contributed by atoms with Crippen molar-refractivity contribution in [1.29, 1.82) is 0 Å². The molecule has 0 atom stereocenters. The van der Waals surface area contributed by atoms with Crippen LogP contribution in [0.25, 0.3) is 11.0 Å². The Morgan fingerprint density at radius 3 is 2.55 bits per heavy atom. The lowest BCUT2D eigenvalue weighted by atomic mass is 9.86. The molecule has 0 fully saturated rings. The quantitative estimate of drug-likeness (QED) is 0.856. The summed E-state index contributed by atoms with van der Waals surface area (Å²) in [5, 5.41) is 3.59. The first-order valence-electron chi connectivity index (χ1n) is 6.59. The second-order valence-electron chi connectivity index (χ2n) is 5.96. The molecule has 2 aromatic rings. The maximum absolute atomic E-state index is 11.6. The predicted molar refractivity (Wildman–Crippen MR) is 78.7 cm³/mol. The summed E-state index contributed by atoms with van der Waals surface area (Å²) in [6.07, 6.45) is 0. The second kappa shape index (κ2) is 5.12. The van der Waals surface area contributed by atoms with Gasteiger partial charge in [-0.15, -0.1) is 0 Å². The minimum Gasteiger partial charge on any atom is -0.423 e. The fraction of sp³-hybridized carbons (Fsp3) is 0.375. The monoisotopic (exact) mass is 273 g/mol. The van der Waals surface area contributed by atoms with Crippen molar-refractivity contribution >= 4 is 16.9 Å². The van der Waals surface area contributed by atoms with E-state index in [4.69, 9.17) is 4.42 Å². The molecule has 0 radical (unpaired) electrons. The number of fused-ring (bicyclic) bond motifs is 1. The fourth-order valence-electron chi connectivity index (χ4n) is 2.06. The van der Waals surface area contributed by atoms with Gasteiger partial charge in [0.05, 0.1) is 0 Å². The molecule has 1 heterocycles. The van der Waals surface area contributed by atoms with Crippen LogP contribution in [-0.2, 0) is 16.8 Å². The molecular weight excluding hydrogens is 254 g/mol. The van der Waals surface area contributed by atoms with Gasteiger partial charge in [0.15, 0.2) is 0 Å². The molecule has 0 aliphatic heterocycles. The zero-order valence-corrected chi connectivity index (χ0v) is 12.2. The third kappa shape index (κ3) is 3.07. The highest BCUT2D eigenvalue weighted by Gasteiger charge is 2.15. The molecule has 4 nitrogen and oxygen atoms in total. The molecule has 0 aliphatic carbocycles. The van der Waals surface area contributed by atoms with Crippen molar-refractivity contribution in [2.75, 3.05) is 0 Å². The van der Waals surface area contributed by atoms with Gasteiger partial charge in [0, 0.05) is 24.9 Å². The van der Waals surface area contributed by atoms with Crippen molar-refractivity contribution in [3.05, 3.63) is 45.8 Å². The van der Waals surface area contributed by atoms with Gasteiger partial charge in [-0.1, -0.05) is 26.8 Å². The van der Waals surface area contributed by atoms with Crippen LogP contribution in [-0.4, -0.2) is 5.91 Å². The first kappa shape index (κ1) is 14.3. The van der Waals surface area contributed by atoms with Gasteiger partial charge in [0.2, 0.25) is 5.91 Å². The van der Waals surface area contributed by atoms with Crippen LogP contribution in [0.1, 0.15) is 38.8 Å². The summed E-state index contributed by atoms with van der Waals surface area (Å²) in [4.78, 5) is 22.6. The third-order valence-electron chi connectivity index (χ3n) is 3.22. The molecule has 2 rings (SSSR count). The molecule has 1 amide bonds. The highest BCUT2D eigenvalue weighted by Crippen LogP contribution is 2.27. The van der Waals surface area contributed by atoms with Crippen LogP contribution >= 0.6 is 0 Å². The summed E-state index contributed by atoms with van der Waals surface area (Å²) in [7, 11) is 0. The summed E-state index contributed by atoms with van der Waals surface area (Å²) in [5.41, 5.74) is 2.09. The van der Waals surface area contributed by atoms with Crippen molar-refractivity contribution in [3.63, 3.8) is 0 Å². The van der Waals surface area contributed by atoms with E-state index in [1.807, 2.05) is 18.2 Å². The number of amides is 1. The number of hydrogen-bond acceptors (Lipinski definition) is 3. The van der Waals surface area contributed by atoms with Crippen molar-refractivity contribution in [3.8, 4) is 0 Å². The Bertz CT molecular complexity index is 708. The van der Waals surface area contributed by atoms with Crippen LogP contribution in [0.2, 0.25) is 0 Å². The molecule has 1 aromatic heterocycles. The number of nitrogens with one attached hydrogen (secondary N) is 1. The second-order valence-corrected chi connectivity index (χ2v) is 5.96. The van der Waals surface area contributed by atoms with E-state index in [9.17, 15) is 9.59 Å². The summed E-state index contributed by atoms with van der Waals surface area (Å²) < 4.78 is 5.21. The summed E-state index contributed by atoms with van der Waals surface area (Å²) >= 11 is 0. The summed E-state index contributed by atoms with van der Waals surface area (Å²) in [6.45, 7) is 8.15. The van der Waals surface area contributed by atoms with Crippen molar-refractivity contribution < 1.29 is 9.21 Å². The molecule has 0 bridgehead atoms. The number of rotatable bonds is 2. The highest BCUT2D eigenvalue weighted by molar-refractivity contribution is 5.82. The molecular formula is C16H19NO3. The first-order chi connectivity index (χ1) is 9.27. The van der Waals surface area contributed by atoms with Crippen LogP contribution in [0.5, 0.6) is 0 Å². The zero-order chi connectivity index (χ0) is 14.9. The van der Waals surface area contributed by atoms with E-state index in [1.165, 1.54) is 13.0 Å². The van der Waals surface area contributed by atoms with Gasteiger partial charge in [-0.3, -0.25) is 4.79 Å². The molecule has 0 unspecified atom stereocenters. The summed E-state index contributed by atoms with van der Waals surface area (Å²) in [5.74, 6) is -0.127. The number of carbonyl (C=O) groups excluding carboxylic acids is 1. The Morgan fingerprint density at radius 1 is 1.25 bits per heavy atom. The van der Waals surface area contributed by atoms with E-state index in [1.54, 1.807) is 0 Å². The van der Waals surface area contributed by atoms with E-state index < -0.39 is 5.63 Å². The number of carbonyl (C=O) groups is 1. The van der Waals surface area contributed by atoms with E-state index in [0.717, 1.165) is 16.5 Å². The molecule has 0 spiro atoms. The smallest absolute Gasteiger partial charge is 0.336 e. The average Bonchev–Trinajstić information content (AvgIpc) is 2.33. The molecule has 0 saturated carbocycles. The maximum atomic E-state index is 11.6. The first-order valence-corrected chi connectivity index (χ1v) is 6.59.